The highest BCUT2D eigenvalue weighted by Crippen LogP contribution is 2.37. The standard InChI is InChI=1S/C23H24F2N2O6/c1-23(2,3)33-22(32)27-9-8-26(16-7-5-14(12-29)21(31)19(16)25)10-17(27)15-6-4-13(11-28)20(30)18(15)24/h4-7,11-12,17,30-31H,8-10H2,1-3H3. The van der Waals surface area contributed by atoms with Gasteiger partial charge in [-0.25, -0.2) is 13.6 Å². The normalized spacial score (nSPS) is 16.5. The number of carbonyl (C=O) groups is 3. The predicted molar refractivity (Wildman–Crippen MR) is 115 cm³/mol. The molecule has 1 atom stereocenters. The summed E-state index contributed by atoms with van der Waals surface area (Å²) < 4.78 is 35.2. The average molecular weight is 462 g/mol. The van der Waals surface area contributed by atoms with E-state index in [4.69, 9.17) is 4.74 Å². The molecule has 3 rings (SSSR count). The number of carbonyl (C=O) groups excluding carboxylic acids is 3. The topological polar surface area (TPSA) is 107 Å². The number of aromatic hydroxyl groups is 2. The molecule has 0 saturated carbocycles. The van der Waals surface area contributed by atoms with Crippen molar-refractivity contribution in [3.8, 4) is 11.5 Å². The first-order valence-electron chi connectivity index (χ1n) is 10.2. The molecule has 2 N–H and O–H groups in total. The van der Waals surface area contributed by atoms with Gasteiger partial charge in [-0.1, -0.05) is 6.07 Å². The number of phenolic OH excluding ortho intramolecular Hbond substituents is 2. The van der Waals surface area contributed by atoms with Crippen molar-refractivity contribution in [2.24, 2.45) is 0 Å². The molecular weight excluding hydrogens is 438 g/mol. The Morgan fingerprint density at radius 3 is 2.15 bits per heavy atom. The lowest BCUT2D eigenvalue weighted by Gasteiger charge is -2.43. The van der Waals surface area contributed by atoms with Crippen molar-refractivity contribution < 1.29 is 38.1 Å². The van der Waals surface area contributed by atoms with Crippen LogP contribution >= 0.6 is 0 Å². The van der Waals surface area contributed by atoms with Crippen LogP contribution < -0.4 is 4.90 Å². The van der Waals surface area contributed by atoms with Crippen LogP contribution in [0.4, 0.5) is 19.3 Å². The Morgan fingerprint density at radius 2 is 1.58 bits per heavy atom. The van der Waals surface area contributed by atoms with Crippen LogP contribution in [0, 0.1) is 11.6 Å². The van der Waals surface area contributed by atoms with E-state index in [1.165, 1.54) is 34.1 Å². The number of hydrogen-bond donors (Lipinski definition) is 2. The fourth-order valence-corrected chi connectivity index (χ4v) is 3.66. The van der Waals surface area contributed by atoms with E-state index in [0.29, 0.717) is 12.6 Å². The third-order valence-corrected chi connectivity index (χ3v) is 5.27. The predicted octanol–water partition coefficient (Wildman–Crippen LogP) is 3.80. The van der Waals surface area contributed by atoms with Crippen LogP contribution in [0.5, 0.6) is 11.5 Å². The van der Waals surface area contributed by atoms with Crippen molar-refractivity contribution in [3.05, 3.63) is 52.6 Å². The van der Waals surface area contributed by atoms with E-state index in [9.17, 15) is 29.0 Å². The fourth-order valence-electron chi connectivity index (χ4n) is 3.66. The third kappa shape index (κ3) is 4.74. The zero-order valence-corrected chi connectivity index (χ0v) is 18.3. The molecule has 0 spiro atoms. The quantitative estimate of drug-likeness (QED) is 0.666. The van der Waals surface area contributed by atoms with Gasteiger partial charge >= 0.3 is 6.09 Å². The van der Waals surface area contributed by atoms with Crippen molar-refractivity contribution in [3.63, 3.8) is 0 Å². The number of ether oxygens (including phenoxy) is 1. The molecule has 33 heavy (non-hydrogen) atoms. The number of benzene rings is 2. The molecule has 0 bridgehead atoms. The Balaban J connectivity index is 2.04. The van der Waals surface area contributed by atoms with E-state index >= 15 is 4.39 Å². The molecule has 1 fully saturated rings. The molecule has 1 saturated heterocycles. The van der Waals surface area contributed by atoms with Gasteiger partial charge in [0.2, 0.25) is 0 Å². The zero-order valence-electron chi connectivity index (χ0n) is 18.3. The minimum atomic E-state index is -1.08. The van der Waals surface area contributed by atoms with Crippen LogP contribution in [0.3, 0.4) is 0 Å². The Hall–Kier alpha value is -3.69. The number of nitrogens with zero attached hydrogens (tertiary/aromatic N) is 2. The van der Waals surface area contributed by atoms with Gasteiger partial charge in [0.1, 0.15) is 5.60 Å². The molecule has 0 aliphatic carbocycles. The van der Waals surface area contributed by atoms with Gasteiger partial charge < -0.3 is 19.8 Å². The van der Waals surface area contributed by atoms with Crippen LogP contribution in [0.15, 0.2) is 24.3 Å². The number of aldehydes is 2. The number of amides is 1. The molecule has 0 aromatic heterocycles. The largest absolute Gasteiger partial charge is 0.504 e. The Labute approximate surface area is 189 Å². The second kappa shape index (κ2) is 9.05. The molecule has 1 heterocycles. The van der Waals surface area contributed by atoms with Gasteiger partial charge in [0.15, 0.2) is 35.7 Å². The molecule has 8 nitrogen and oxygen atoms in total. The van der Waals surface area contributed by atoms with Crippen molar-refractivity contribution in [2.75, 3.05) is 24.5 Å². The zero-order chi connectivity index (χ0) is 24.5. The van der Waals surface area contributed by atoms with E-state index in [0.717, 1.165) is 0 Å². The highest BCUT2D eigenvalue weighted by atomic mass is 19.1. The fraction of sp³-hybridized carbons (Fsp3) is 0.348. The number of hydrogen-bond acceptors (Lipinski definition) is 7. The second-order valence-electron chi connectivity index (χ2n) is 8.61. The number of anilines is 1. The molecule has 1 unspecified atom stereocenters. The number of rotatable bonds is 4. The van der Waals surface area contributed by atoms with Crippen LogP contribution in [0.25, 0.3) is 0 Å². The monoisotopic (exact) mass is 462 g/mol. The molecule has 2 aromatic carbocycles. The Morgan fingerprint density at radius 1 is 1.00 bits per heavy atom. The Bertz CT molecular complexity index is 1100. The summed E-state index contributed by atoms with van der Waals surface area (Å²) in [5, 5.41) is 20.0. The van der Waals surface area contributed by atoms with E-state index < -0.39 is 40.9 Å². The summed E-state index contributed by atoms with van der Waals surface area (Å²) in [7, 11) is 0. The van der Waals surface area contributed by atoms with Crippen LogP contribution in [-0.4, -0.2) is 59.0 Å². The van der Waals surface area contributed by atoms with Crippen LogP contribution in [-0.2, 0) is 4.74 Å². The van der Waals surface area contributed by atoms with Gasteiger partial charge in [0.25, 0.3) is 0 Å². The summed E-state index contributed by atoms with van der Waals surface area (Å²) in [6.45, 7) is 5.03. The Kier molecular flexibility index (Phi) is 6.57. The minimum Gasteiger partial charge on any atom is -0.504 e. The van der Waals surface area contributed by atoms with Crippen LogP contribution in [0.1, 0.15) is 53.1 Å². The molecule has 10 heteroatoms. The van der Waals surface area contributed by atoms with E-state index in [-0.39, 0.29) is 42.0 Å². The smallest absolute Gasteiger partial charge is 0.410 e. The van der Waals surface area contributed by atoms with Crippen LogP contribution in [0.2, 0.25) is 0 Å². The maximum absolute atomic E-state index is 15.0. The van der Waals surface area contributed by atoms with Crippen molar-refractivity contribution in [1.29, 1.82) is 0 Å². The van der Waals surface area contributed by atoms with Crippen molar-refractivity contribution in [1.82, 2.24) is 4.90 Å². The lowest BCUT2D eigenvalue weighted by molar-refractivity contribution is 0.0133. The highest BCUT2D eigenvalue weighted by molar-refractivity contribution is 5.81. The summed E-state index contributed by atoms with van der Waals surface area (Å²) in [5.41, 5.74) is -1.44. The van der Waals surface area contributed by atoms with Crippen molar-refractivity contribution >= 4 is 24.4 Å². The molecule has 1 aliphatic rings. The molecule has 2 aromatic rings. The first kappa shape index (κ1) is 24.0. The SMILES string of the molecule is CC(C)(C)OC(=O)N1CCN(c2ccc(C=O)c(O)c2F)CC1c1ccc(C=O)c(O)c1F. The molecule has 176 valence electrons. The summed E-state index contributed by atoms with van der Waals surface area (Å²) in [5.74, 6) is -3.78. The molecule has 1 aliphatic heterocycles. The maximum Gasteiger partial charge on any atom is 0.410 e. The van der Waals surface area contributed by atoms with Gasteiger partial charge in [-0.15, -0.1) is 0 Å². The van der Waals surface area contributed by atoms with E-state index in [2.05, 4.69) is 0 Å². The minimum absolute atomic E-state index is 0.00481. The van der Waals surface area contributed by atoms with Crippen molar-refractivity contribution in [2.45, 2.75) is 32.4 Å². The number of phenols is 2. The molecule has 0 radical (unpaired) electrons. The second-order valence-corrected chi connectivity index (χ2v) is 8.61. The maximum atomic E-state index is 15.0. The summed E-state index contributed by atoms with van der Waals surface area (Å²) in [4.78, 5) is 37.6. The van der Waals surface area contributed by atoms with Gasteiger partial charge in [0, 0.05) is 25.2 Å². The van der Waals surface area contributed by atoms with Gasteiger partial charge in [-0.05, 0) is 39.0 Å². The van der Waals surface area contributed by atoms with Gasteiger partial charge in [-0.3, -0.25) is 14.5 Å². The first-order valence-corrected chi connectivity index (χ1v) is 10.2. The van der Waals surface area contributed by atoms with Gasteiger partial charge in [-0.2, -0.15) is 0 Å². The number of piperazine rings is 1. The molecule has 1 amide bonds. The summed E-state index contributed by atoms with van der Waals surface area (Å²) in [6, 6.07) is 4.03. The lowest BCUT2D eigenvalue weighted by Crippen LogP contribution is -2.52. The summed E-state index contributed by atoms with van der Waals surface area (Å²) in [6.07, 6.45) is -0.114. The van der Waals surface area contributed by atoms with Gasteiger partial charge in [0.05, 0.1) is 22.9 Å². The third-order valence-electron chi connectivity index (χ3n) is 5.27. The number of halogens is 2. The molecular formula is C23H24F2N2O6. The highest BCUT2D eigenvalue weighted by Gasteiger charge is 2.37. The first-order chi connectivity index (χ1) is 15.5. The van der Waals surface area contributed by atoms with E-state index in [1.54, 1.807) is 20.8 Å². The summed E-state index contributed by atoms with van der Waals surface area (Å²) >= 11 is 0. The van der Waals surface area contributed by atoms with E-state index in [1.807, 2.05) is 0 Å². The lowest BCUT2D eigenvalue weighted by atomic mass is 9.99. The average Bonchev–Trinajstić information content (AvgIpc) is 2.76.